The number of likely N-dealkylation sites (N-methyl/N-ethyl adjacent to an activating group) is 2. The van der Waals surface area contributed by atoms with Gasteiger partial charge in [0.2, 0.25) is 11.5 Å². The van der Waals surface area contributed by atoms with Crippen LogP contribution in [0.3, 0.4) is 0 Å². The zero-order valence-corrected chi connectivity index (χ0v) is 30.1. The predicted octanol–water partition coefficient (Wildman–Crippen LogP) is 6.76. The normalized spacial score (nSPS) is 18.0. The van der Waals surface area contributed by atoms with Gasteiger partial charge in [0.1, 0.15) is 5.75 Å². The summed E-state index contributed by atoms with van der Waals surface area (Å²) >= 11 is 0. The number of methoxy groups -OCH3 is 6. The van der Waals surface area contributed by atoms with Gasteiger partial charge in [0.15, 0.2) is 34.5 Å². The molecular formula is C40H46N2O8. The van der Waals surface area contributed by atoms with Gasteiger partial charge in [-0.25, -0.2) is 0 Å². The highest BCUT2D eigenvalue weighted by molar-refractivity contribution is 5.89. The topological polar surface area (TPSA) is 91.3 Å². The molecule has 0 amide bonds. The van der Waals surface area contributed by atoms with Crippen molar-refractivity contribution in [1.82, 2.24) is 9.80 Å². The summed E-state index contributed by atoms with van der Waals surface area (Å²) in [5.74, 6) is 4.99. The average Bonchev–Trinajstić information content (AvgIpc) is 3.13. The van der Waals surface area contributed by atoms with Crippen LogP contribution in [0.15, 0.2) is 42.5 Å². The lowest BCUT2D eigenvalue weighted by Crippen LogP contribution is -2.36. The van der Waals surface area contributed by atoms with Crippen LogP contribution in [0.1, 0.15) is 45.5 Å². The second kappa shape index (κ2) is 13.5. The minimum atomic E-state index is 0.0625. The number of phenolic OH excluding ortho intramolecular Hbond substituents is 1. The van der Waals surface area contributed by atoms with Crippen LogP contribution in [0.25, 0.3) is 11.1 Å². The van der Waals surface area contributed by atoms with Crippen LogP contribution >= 0.6 is 0 Å². The molecule has 1 N–H and O–H groups in total. The van der Waals surface area contributed by atoms with E-state index in [-0.39, 0.29) is 17.8 Å². The molecular weight excluding hydrogens is 636 g/mol. The van der Waals surface area contributed by atoms with E-state index in [1.807, 2.05) is 30.3 Å². The lowest BCUT2D eigenvalue weighted by Gasteiger charge is -2.41. The van der Waals surface area contributed by atoms with Crippen LogP contribution in [-0.2, 0) is 25.7 Å². The Morgan fingerprint density at radius 2 is 1.36 bits per heavy atom. The highest BCUT2D eigenvalue weighted by Gasteiger charge is 2.41. The lowest BCUT2D eigenvalue weighted by molar-refractivity contribution is 0.220. The maximum Gasteiger partial charge on any atom is 0.204 e. The molecule has 0 bridgehead atoms. The molecule has 10 nitrogen and oxygen atoms in total. The number of phenols is 1. The van der Waals surface area contributed by atoms with Crippen LogP contribution in [-0.4, -0.2) is 84.7 Å². The molecule has 2 aliphatic heterocycles. The van der Waals surface area contributed by atoms with Crippen LogP contribution in [0.2, 0.25) is 0 Å². The number of hydrogen-bond acceptors (Lipinski definition) is 10. The van der Waals surface area contributed by atoms with Crippen molar-refractivity contribution in [3.05, 3.63) is 75.8 Å². The largest absolute Gasteiger partial charge is 0.504 e. The molecule has 10 heteroatoms. The molecule has 0 aromatic heterocycles. The van der Waals surface area contributed by atoms with Crippen LogP contribution in [0.5, 0.6) is 51.7 Å². The summed E-state index contributed by atoms with van der Waals surface area (Å²) < 4.78 is 42.0. The Kier molecular flexibility index (Phi) is 9.09. The van der Waals surface area contributed by atoms with Gasteiger partial charge in [0, 0.05) is 41.9 Å². The number of rotatable bonds is 10. The molecule has 4 aromatic carbocycles. The van der Waals surface area contributed by atoms with Crippen LogP contribution in [0.4, 0.5) is 0 Å². The molecule has 2 atom stereocenters. The fourth-order valence-electron chi connectivity index (χ4n) is 8.19. The van der Waals surface area contributed by atoms with Gasteiger partial charge < -0.3 is 38.3 Å². The van der Waals surface area contributed by atoms with E-state index in [9.17, 15) is 5.11 Å². The second-order valence-corrected chi connectivity index (χ2v) is 13.2. The number of nitrogens with zero attached hydrogens (tertiary/aromatic N) is 2. The molecule has 0 spiro atoms. The van der Waals surface area contributed by atoms with Crippen molar-refractivity contribution < 1.29 is 38.3 Å². The fourth-order valence-corrected chi connectivity index (χ4v) is 8.19. The summed E-state index contributed by atoms with van der Waals surface area (Å²) in [6, 6.07) is 14.3. The third kappa shape index (κ3) is 5.41. The Labute approximate surface area is 294 Å². The molecule has 2 heterocycles. The van der Waals surface area contributed by atoms with Gasteiger partial charge in [-0.15, -0.1) is 0 Å². The lowest BCUT2D eigenvalue weighted by atomic mass is 9.75. The zero-order valence-electron chi connectivity index (χ0n) is 30.1. The van der Waals surface area contributed by atoms with Gasteiger partial charge in [-0.3, -0.25) is 9.80 Å². The van der Waals surface area contributed by atoms with E-state index in [1.54, 1.807) is 42.7 Å². The standard InChI is InChI=1S/C40H46N2O8/c1-41-15-13-23-18-32(44-3)31(43)20-26(23)29(41)17-22-9-11-24(12-10-22)50-37-28-19-30-34-25(14-16-42(30)2)36(46-5)40(49-8)39(48-7)35(34)27(28)21-33(45-4)38(37)47-6/h9-12,18,20-21,29-30,43H,13-17,19H2,1-8H3/t29-,30+/m1/s1. The molecule has 0 fully saturated rings. The second-order valence-electron chi connectivity index (χ2n) is 13.2. The Balaban J connectivity index is 1.29. The number of ether oxygens (including phenoxy) is 7. The average molecular weight is 683 g/mol. The first kappa shape index (κ1) is 33.7. The first-order chi connectivity index (χ1) is 24.3. The van der Waals surface area contributed by atoms with Crippen molar-refractivity contribution in [2.24, 2.45) is 0 Å². The Morgan fingerprint density at radius 3 is 2.02 bits per heavy atom. The van der Waals surface area contributed by atoms with Crippen LogP contribution < -0.4 is 33.2 Å². The predicted molar refractivity (Wildman–Crippen MR) is 191 cm³/mol. The molecule has 3 aliphatic rings. The molecule has 50 heavy (non-hydrogen) atoms. The number of fused-ring (bicyclic) bond motifs is 3. The quantitative estimate of drug-likeness (QED) is 0.194. The van der Waals surface area contributed by atoms with E-state index in [2.05, 4.69) is 36.0 Å². The summed E-state index contributed by atoms with van der Waals surface area (Å²) in [5.41, 5.74) is 8.74. The van der Waals surface area contributed by atoms with Crippen molar-refractivity contribution in [1.29, 1.82) is 0 Å². The third-order valence-corrected chi connectivity index (χ3v) is 10.7. The monoisotopic (exact) mass is 682 g/mol. The first-order valence-electron chi connectivity index (χ1n) is 17.0. The van der Waals surface area contributed by atoms with Crippen molar-refractivity contribution in [2.45, 2.75) is 37.8 Å². The minimum Gasteiger partial charge on any atom is -0.504 e. The van der Waals surface area contributed by atoms with Crippen molar-refractivity contribution in [3.8, 4) is 62.9 Å². The molecule has 0 radical (unpaired) electrons. The van der Waals surface area contributed by atoms with Gasteiger partial charge in [-0.1, -0.05) is 12.1 Å². The van der Waals surface area contributed by atoms with Gasteiger partial charge >= 0.3 is 0 Å². The van der Waals surface area contributed by atoms with Crippen molar-refractivity contribution >= 4 is 0 Å². The third-order valence-electron chi connectivity index (χ3n) is 10.7. The summed E-state index contributed by atoms with van der Waals surface area (Å²) in [6.45, 7) is 1.80. The number of aromatic hydroxyl groups is 1. The van der Waals surface area contributed by atoms with Crippen molar-refractivity contribution in [2.75, 3.05) is 69.8 Å². The Bertz CT molecular complexity index is 1920. The van der Waals surface area contributed by atoms with Crippen LogP contribution in [0, 0.1) is 0 Å². The highest BCUT2D eigenvalue weighted by Crippen LogP contribution is 2.60. The fraction of sp³-hybridized carbons (Fsp3) is 0.400. The molecule has 0 unspecified atom stereocenters. The Hall–Kier alpha value is -4.80. The van der Waals surface area contributed by atoms with Crippen molar-refractivity contribution in [3.63, 3.8) is 0 Å². The van der Waals surface area contributed by atoms with E-state index >= 15 is 0 Å². The van der Waals surface area contributed by atoms with Gasteiger partial charge in [0.05, 0.1) is 42.7 Å². The molecule has 4 aromatic rings. The van der Waals surface area contributed by atoms with E-state index in [1.165, 1.54) is 11.1 Å². The smallest absolute Gasteiger partial charge is 0.204 e. The zero-order chi connectivity index (χ0) is 35.3. The first-order valence-corrected chi connectivity index (χ1v) is 17.0. The summed E-state index contributed by atoms with van der Waals surface area (Å²) in [6.07, 6.45) is 3.22. The number of benzene rings is 4. The van der Waals surface area contributed by atoms with Gasteiger partial charge in [-0.05, 0) is 97.9 Å². The molecule has 0 saturated heterocycles. The van der Waals surface area contributed by atoms with E-state index < -0.39 is 0 Å². The van der Waals surface area contributed by atoms with Gasteiger partial charge in [-0.2, -0.15) is 0 Å². The van der Waals surface area contributed by atoms with E-state index in [0.29, 0.717) is 46.7 Å². The molecule has 0 saturated carbocycles. The summed E-state index contributed by atoms with van der Waals surface area (Å²) in [4.78, 5) is 4.72. The van der Waals surface area contributed by atoms with E-state index in [4.69, 9.17) is 33.2 Å². The van der Waals surface area contributed by atoms with Gasteiger partial charge in [0.25, 0.3) is 0 Å². The summed E-state index contributed by atoms with van der Waals surface area (Å²) in [7, 11) is 14.2. The van der Waals surface area contributed by atoms with E-state index in [0.717, 1.165) is 71.5 Å². The Morgan fingerprint density at radius 1 is 0.680 bits per heavy atom. The molecule has 264 valence electrons. The number of hydrogen-bond donors (Lipinski definition) is 1. The summed E-state index contributed by atoms with van der Waals surface area (Å²) in [5, 5.41) is 10.6. The maximum absolute atomic E-state index is 10.6. The molecule has 1 aliphatic carbocycles. The SMILES string of the molecule is COc1cc2c(cc1O)[C@@H](Cc1ccc(Oc3c4c(cc(OC)c3OC)-c3c(OC)c(OC)c(OC)c5c3[C@H](C4)N(C)CC5)cc1)N(C)CC2. The maximum atomic E-state index is 10.6. The minimum absolute atomic E-state index is 0.0625. The highest BCUT2D eigenvalue weighted by atomic mass is 16.5. The molecule has 7 rings (SSSR count).